The van der Waals surface area contributed by atoms with Crippen LogP contribution >= 0.6 is 27.5 Å². The van der Waals surface area contributed by atoms with Crippen molar-refractivity contribution in [1.82, 2.24) is 4.31 Å². The van der Waals surface area contributed by atoms with Crippen molar-refractivity contribution in [2.24, 2.45) is 0 Å². The van der Waals surface area contributed by atoms with Gasteiger partial charge >= 0.3 is 0 Å². The summed E-state index contributed by atoms with van der Waals surface area (Å²) >= 11 is 9.24. The number of methoxy groups -OCH3 is 2. The molecule has 2 rings (SSSR count). The zero-order chi connectivity index (χ0) is 20.2. The highest BCUT2D eigenvalue weighted by atomic mass is 79.9. The molecule has 7 nitrogen and oxygen atoms in total. The van der Waals surface area contributed by atoms with Gasteiger partial charge in [-0.3, -0.25) is 4.79 Å². The predicted octanol–water partition coefficient (Wildman–Crippen LogP) is 3.38. The van der Waals surface area contributed by atoms with Crippen LogP contribution in [0.25, 0.3) is 0 Å². The molecule has 1 amide bonds. The lowest BCUT2D eigenvalue weighted by Gasteiger charge is -2.18. The van der Waals surface area contributed by atoms with Crippen LogP contribution in [0.1, 0.15) is 0 Å². The Morgan fingerprint density at radius 3 is 2.41 bits per heavy atom. The van der Waals surface area contributed by atoms with Gasteiger partial charge in [0.05, 0.1) is 30.7 Å². The van der Waals surface area contributed by atoms with Crippen LogP contribution in [0, 0.1) is 0 Å². The van der Waals surface area contributed by atoms with Crippen molar-refractivity contribution in [3.63, 3.8) is 0 Å². The Morgan fingerprint density at radius 1 is 1.15 bits per heavy atom. The Bertz CT molecular complexity index is 952. The molecule has 1 N–H and O–H groups in total. The summed E-state index contributed by atoms with van der Waals surface area (Å²) in [6.07, 6.45) is 0. The van der Waals surface area contributed by atoms with Gasteiger partial charge in [0, 0.05) is 23.3 Å². The Balaban J connectivity index is 2.14. The number of hydrogen-bond donors (Lipinski definition) is 1. The molecule has 2 aromatic rings. The number of anilines is 1. The van der Waals surface area contributed by atoms with E-state index in [2.05, 4.69) is 21.2 Å². The van der Waals surface area contributed by atoms with Crippen LogP contribution in [-0.4, -0.2) is 46.4 Å². The highest BCUT2D eigenvalue weighted by Gasteiger charge is 2.24. The van der Waals surface area contributed by atoms with E-state index in [0.29, 0.717) is 20.9 Å². The normalized spacial score (nSPS) is 11.3. The molecule has 2 aromatic carbocycles. The summed E-state index contributed by atoms with van der Waals surface area (Å²) in [4.78, 5) is 12.2. The number of benzene rings is 2. The van der Waals surface area contributed by atoms with Gasteiger partial charge in [0.2, 0.25) is 15.9 Å². The summed E-state index contributed by atoms with van der Waals surface area (Å²) in [5, 5.41) is 3.04. The maximum Gasteiger partial charge on any atom is 0.243 e. The molecule has 0 heterocycles. The molecule has 27 heavy (non-hydrogen) atoms. The fraction of sp³-hybridized carbons (Fsp3) is 0.235. The van der Waals surface area contributed by atoms with E-state index in [1.54, 1.807) is 18.2 Å². The quantitative estimate of drug-likeness (QED) is 0.661. The van der Waals surface area contributed by atoms with Crippen molar-refractivity contribution in [2.75, 3.05) is 33.1 Å². The number of rotatable bonds is 7. The van der Waals surface area contributed by atoms with Crippen molar-refractivity contribution in [3.05, 3.63) is 45.9 Å². The largest absolute Gasteiger partial charge is 0.493 e. The molecule has 0 saturated carbocycles. The van der Waals surface area contributed by atoms with E-state index in [1.807, 2.05) is 0 Å². The first-order chi connectivity index (χ1) is 12.7. The number of halogens is 2. The highest BCUT2D eigenvalue weighted by molar-refractivity contribution is 9.10. The van der Waals surface area contributed by atoms with Gasteiger partial charge in [-0.25, -0.2) is 8.42 Å². The Hall–Kier alpha value is -1.81. The molecule has 0 aromatic heterocycles. The monoisotopic (exact) mass is 476 g/mol. The number of hydrogen-bond acceptors (Lipinski definition) is 5. The number of carbonyl (C=O) groups excluding carboxylic acids is 1. The molecular formula is C17H18BrClN2O5S. The molecule has 0 fully saturated rings. The molecule has 0 aliphatic rings. The Labute approximate surface area is 171 Å². The first kappa shape index (κ1) is 21.5. The zero-order valence-corrected chi connectivity index (χ0v) is 18.0. The molecule has 0 unspecified atom stereocenters. The number of amides is 1. The summed E-state index contributed by atoms with van der Waals surface area (Å²) in [5.74, 6) is 0.185. The number of nitrogens with one attached hydrogen (secondary N) is 1. The van der Waals surface area contributed by atoms with E-state index in [1.165, 1.54) is 39.5 Å². The van der Waals surface area contributed by atoms with E-state index < -0.39 is 15.9 Å². The van der Waals surface area contributed by atoms with E-state index in [-0.39, 0.29) is 17.2 Å². The van der Waals surface area contributed by atoms with Gasteiger partial charge in [0.1, 0.15) is 0 Å². The molecule has 0 radical (unpaired) electrons. The lowest BCUT2D eigenvalue weighted by atomic mass is 10.3. The molecule has 146 valence electrons. The van der Waals surface area contributed by atoms with Gasteiger partial charge in [-0.2, -0.15) is 4.31 Å². The third kappa shape index (κ3) is 5.13. The number of likely N-dealkylation sites (N-methyl/N-ethyl adjacent to an activating group) is 1. The lowest BCUT2D eigenvalue weighted by Crippen LogP contribution is -2.35. The second-order valence-corrected chi connectivity index (χ2v) is 8.76. The molecule has 10 heteroatoms. The minimum atomic E-state index is -3.90. The molecule has 0 bridgehead atoms. The van der Waals surface area contributed by atoms with Gasteiger partial charge in [0.15, 0.2) is 11.5 Å². The van der Waals surface area contributed by atoms with Crippen molar-refractivity contribution < 1.29 is 22.7 Å². The van der Waals surface area contributed by atoms with Gasteiger partial charge in [-0.1, -0.05) is 11.6 Å². The van der Waals surface area contributed by atoms with Crippen LogP contribution in [0.5, 0.6) is 11.5 Å². The van der Waals surface area contributed by atoms with Crippen molar-refractivity contribution in [1.29, 1.82) is 0 Å². The number of ether oxygens (including phenoxy) is 2. The average molecular weight is 478 g/mol. The zero-order valence-electron chi connectivity index (χ0n) is 14.8. The SMILES string of the molecule is COc1ccc(S(=O)(=O)N(C)CC(=O)Nc2ccc(Br)c(Cl)c2)cc1OC. The van der Waals surface area contributed by atoms with E-state index in [4.69, 9.17) is 21.1 Å². The predicted molar refractivity (Wildman–Crippen MR) is 107 cm³/mol. The molecule has 0 aliphatic heterocycles. The topological polar surface area (TPSA) is 84.9 Å². The van der Waals surface area contributed by atoms with Crippen molar-refractivity contribution >= 4 is 49.1 Å². The molecule has 0 saturated heterocycles. The fourth-order valence-electron chi connectivity index (χ4n) is 2.22. The molecule has 0 aliphatic carbocycles. The molecule has 0 spiro atoms. The van der Waals surface area contributed by atoms with Crippen LogP contribution in [-0.2, 0) is 14.8 Å². The van der Waals surface area contributed by atoms with Crippen LogP contribution in [0.4, 0.5) is 5.69 Å². The second kappa shape index (κ2) is 8.92. The smallest absolute Gasteiger partial charge is 0.243 e. The second-order valence-electron chi connectivity index (χ2n) is 5.45. The third-order valence-corrected chi connectivity index (χ3v) is 6.66. The maximum absolute atomic E-state index is 12.7. The minimum Gasteiger partial charge on any atom is -0.493 e. The van der Waals surface area contributed by atoms with Crippen molar-refractivity contribution in [2.45, 2.75) is 4.90 Å². The van der Waals surface area contributed by atoms with Crippen LogP contribution < -0.4 is 14.8 Å². The van der Waals surface area contributed by atoms with E-state index in [9.17, 15) is 13.2 Å². The Morgan fingerprint density at radius 2 is 1.81 bits per heavy atom. The Kier molecular flexibility index (Phi) is 7.10. The minimum absolute atomic E-state index is 0.0119. The number of carbonyl (C=O) groups is 1. The standard InChI is InChI=1S/C17H18BrClN2O5S/c1-21(10-17(22)20-11-4-6-13(18)14(19)8-11)27(23,24)12-5-7-15(25-2)16(9-12)26-3/h4-9H,10H2,1-3H3,(H,20,22). The summed E-state index contributed by atoms with van der Waals surface area (Å²) in [5.41, 5.74) is 0.463. The number of sulfonamides is 1. The van der Waals surface area contributed by atoms with Gasteiger partial charge in [-0.15, -0.1) is 0 Å². The van der Waals surface area contributed by atoms with Gasteiger partial charge in [-0.05, 0) is 46.3 Å². The maximum atomic E-state index is 12.7. The van der Waals surface area contributed by atoms with Crippen molar-refractivity contribution in [3.8, 4) is 11.5 Å². The van der Waals surface area contributed by atoms with E-state index >= 15 is 0 Å². The lowest BCUT2D eigenvalue weighted by molar-refractivity contribution is -0.116. The van der Waals surface area contributed by atoms with Crippen LogP contribution in [0.2, 0.25) is 5.02 Å². The van der Waals surface area contributed by atoms with Gasteiger partial charge < -0.3 is 14.8 Å². The third-order valence-electron chi connectivity index (χ3n) is 3.63. The van der Waals surface area contributed by atoms with E-state index in [0.717, 1.165) is 4.31 Å². The van der Waals surface area contributed by atoms with Crippen LogP contribution in [0.15, 0.2) is 45.8 Å². The van der Waals surface area contributed by atoms with Gasteiger partial charge in [0.25, 0.3) is 0 Å². The molecular weight excluding hydrogens is 460 g/mol. The van der Waals surface area contributed by atoms with Crippen LogP contribution in [0.3, 0.4) is 0 Å². The highest BCUT2D eigenvalue weighted by Crippen LogP contribution is 2.30. The summed E-state index contributed by atoms with van der Waals surface area (Å²) in [7, 11) is 0.291. The first-order valence-corrected chi connectivity index (χ1v) is 10.2. The first-order valence-electron chi connectivity index (χ1n) is 7.62. The summed E-state index contributed by atoms with van der Waals surface area (Å²) in [6.45, 7) is -0.371. The summed E-state index contributed by atoms with van der Waals surface area (Å²) in [6, 6.07) is 9.12. The average Bonchev–Trinajstić information content (AvgIpc) is 2.63. The molecule has 0 atom stereocenters. The number of nitrogens with zero attached hydrogens (tertiary/aromatic N) is 1. The fourth-order valence-corrected chi connectivity index (χ4v) is 3.79. The summed E-state index contributed by atoms with van der Waals surface area (Å²) < 4.78 is 37.3.